The van der Waals surface area contributed by atoms with E-state index in [1.807, 2.05) is 43.3 Å². The normalized spacial score (nSPS) is 14.4. The predicted molar refractivity (Wildman–Crippen MR) is 83.3 cm³/mol. The van der Waals surface area contributed by atoms with E-state index in [0.29, 0.717) is 5.92 Å². The van der Waals surface area contributed by atoms with Crippen LogP contribution in [-0.2, 0) is 10.3 Å². The van der Waals surface area contributed by atoms with Gasteiger partial charge in [0.05, 0.1) is 0 Å². The molecule has 3 N–H and O–H groups in total. The number of rotatable bonds is 5. The second kappa shape index (κ2) is 5.63. The van der Waals surface area contributed by atoms with Crippen molar-refractivity contribution in [2.45, 2.75) is 26.3 Å². The molecule has 0 aliphatic rings. The molecule has 106 valence electrons. The monoisotopic (exact) mass is 270 g/mol. The molecule has 0 bridgehead atoms. The van der Waals surface area contributed by atoms with Gasteiger partial charge in [-0.15, -0.1) is 0 Å². The van der Waals surface area contributed by atoms with Crippen LogP contribution in [0.5, 0.6) is 0 Å². The molecule has 1 atom stereocenters. The van der Waals surface area contributed by atoms with Crippen LogP contribution in [0.2, 0.25) is 0 Å². The zero-order valence-corrected chi connectivity index (χ0v) is 12.3. The fourth-order valence-electron chi connectivity index (χ4n) is 2.24. The lowest BCUT2D eigenvalue weighted by Crippen LogP contribution is -2.51. The molecule has 0 radical (unpaired) electrons. The molecule has 2 aromatic rings. The second-order valence-corrected chi connectivity index (χ2v) is 5.83. The Kier molecular flexibility index (Phi) is 4.09. The Hall–Kier alpha value is -1.87. The number of hydrogen-bond donors (Lipinski definition) is 2. The largest absolute Gasteiger partial charge is 0.368 e. The van der Waals surface area contributed by atoms with Gasteiger partial charge in [0.15, 0.2) is 0 Å². The number of benzene rings is 2. The number of amides is 1. The Bertz CT molecular complexity index is 621. The number of nitrogens with one attached hydrogen (secondary N) is 1. The standard InChI is InChI=1S/C17H22N2O/c1-12(2)11-19-17(3,16(18)20)15-9-8-13-6-4-5-7-14(13)10-15/h4-10,12,19H,11H2,1-3H3,(H2,18,20). The molecule has 0 saturated carbocycles. The Balaban J connectivity index is 2.43. The maximum Gasteiger partial charge on any atom is 0.242 e. The average Bonchev–Trinajstić information content (AvgIpc) is 2.44. The van der Waals surface area contributed by atoms with Gasteiger partial charge in [0.1, 0.15) is 5.54 Å². The fourth-order valence-corrected chi connectivity index (χ4v) is 2.24. The second-order valence-electron chi connectivity index (χ2n) is 5.83. The third-order valence-electron chi connectivity index (χ3n) is 3.68. The van der Waals surface area contributed by atoms with Crippen LogP contribution in [0.25, 0.3) is 10.8 Å². The van der Waals surface area contributed by atoms with Crippen LogP contribution in [0, 0.1) is 5.92 Å². The number of fused-ring (bicyclic) bond motifs is 1. The highest BCUT2D eigenvalue weighted by molar-refractivity contribution is 5.89. The Morgan fingerprint density at radius 3 is 2.45 bits per heavy atom. The first-order valence-electron chi connectivity index (χ1n) is 6.97. The summed E-state index contributed by atoms with van der Waals surface area (Å²) in [5, 5.41) is 5.58. The zero-order valence-electron chi connectivity index (χ0n) is 12.3. The van der Waals surface area contributed by atoms with Crippen molar-refractivity contribution in [3.05, 3.63) is 48.0 Å². The smallest absolute Gasteiger partial charge is 0.242 e. The van der Waals surface area contributed by atoms with E-state index in [0.717, 1.165) is 22.9 Å². The first kappa shape index (κ1) is 14.5. The van der Waals surface area contributed by atoms with Crippen molar-refractivity contribution in [2.75, 3.05) is 6.54 Å². The Morgan fingerprint density at radius 2 is 1.85 bits per heavy atom. The molecule has 0 saturated heterocycles. The topological polar surface area (TPSA) is 55.1 Å². The maximum absolute atomic E-state index is 11.9. The lowest BCUT2D eigenvalue weighted by Gasteiger charge is -2.29. The number of nitrogens with two attached hydrogens (primary N) is 1. The molecule has 0 aliphatic carbocycles. The molecule has 3 heteroatoms. The summed E-state index contributed by atoms with van der Waals surface area (Å²) in [6, 6.07) is 14.1. The minimum Gasteiger partial charge on any atom is -0.368 e. The van der Waals surface area contributed by atoms with E-state index in [2.05, 4.69) is 25.2 Å². The summed E-state index contributed by atoms with van der Waals surface area (Å²) < 4.78 is 0. The van der Waals surface area contributed by atoms with Crippen molar-refractivity contribution in [3.8, 4) is 0 Å². The van der Waals surface area contributed by atoms with Gasteiger partial charge in [-0.25, -0.2) is 0 Å². The molecule has 2 aromatic carbocycles. The van der Waals surface area contributed by atoms with Crippen LogP contribution in [0.3, 0.4) is 0 Å². The van der Waals surface area contributed by atoms with Crippen LogP contribution >= 0.6 is 0 Å². The highest BCUT2D eigenvalue weighted by Crippen LogP contribution is 2.25. The quantitative estimate of drug-likeness (QED) is 0.877. The summed E-state index contributed by atoms with van der Waals surface area (Å²) in [5.41, 5.74) is 5.70. The molecule has 0 aliphatic heterocycles. The van der Waals surface area contributed by atoms with Gasteiger partial charge in [0.2, 0.25) is 5.91 Å². The summed E-state index contributed by atoms with van der Waals surface area (Å²) in [4.78, 5) is 11.9. The van der Waals surface area contributed by atoms with Gasteiger partial charge in [0, 0.05) is 0 Å². The fraction of sp³-hybridized carbons (Fsp3) is 0.353. The highest BCUT2D eigenvalue weighted by Gasteiger charge is 2.32. The summed E-state index contributed by atoms with van der Waals surface area (Å²) in [5.74, 6) is 0.0996. The summed E-state index contributed by atoms with van der Waals surface area (Å²) in [7, 11) is 0. The summed E-state index contributed by atoms with van der Waals surface area (Å²) in [6.45, 7) is 6.80. The van der Waals surface area contributed by atoms with Crippen molar-refractivity contribution in [2.24, 2.45) is 11.7 Å². The van der Waals surface area contributed by atoms with Crippen LogP contribution in [0.4, 0.5) is 0 Å². The summed E-state index contributed by atoms with van der Waals surface area (Å²) >= 11 is 0. The van der Waals surface area contributed by atoms with Gasteiger partial charge in [-0.05, 0) is 41.8 Å². The van der Waals surface area contributed by atoms with Gasteiger partial charge in [-0.3, -0.25) is 10.1 Å². The molecular formula is C17H22N2O. The first-order chi connectivity index (χ1) is 9.43. The van der Waals surface area contributed by atoms with Gasteiger partial charge in [-0.2, -0.15) is 0 Å². The van der Waals surface area contributed by atoms with E-state index in [9.17, 15) is 4.79 Å². The minimum absolute atomic E-state index is 0.353. The van der Waals surface area contributed by atoms with Crippen LogP contribution < -0.4 is 11.1 Å². The van der Waals surface area contributed by atoms with E-state index < -0.39 is 5.54 Å². The van der Waals surface area contributed by atoms with Gasteiger partial charge >= 0.3 is 0 Å². The Labute approximate surface area is 120 Å². The van der Waals surface area contributed by atoms with E-state index in [1.54, 1.807) is 0 Å². The van der Waals surface area contributed by atoms with E-state index in [4.69, 9.17) is 5.73 Å². The molecule has 1 unspecified atom stereocenters. The molecule has 2 rings (SSSR count). The van der Waals surface area contributed by atoms with E-state index in [1.165, 1.54) is 0 Å². The lowest BCUT2D eigenvalue weighted by molar-refractivity contribution is -0.124. The van der Waals surface area contributed by atoms with E-state index in [-0.39, 0.29) is 5.91 Å². The third kappa shape index (κ3) is 2.83. The molecule has 0 heterocycles. The minimum atomic E-state index is -0.839. The van der Waals surface area contributed by atoms with Crippen molar-refractivity contribution < 1.29 is 4.79 Å². The number of carbonyl (C=O) groups is 1. The highest BCUT2D eigenvalue weighted by atomic mass is 16.1. The molecule has 0 aromatic heterocycles. The van der Waals surface area contributed by atoms with Crippen molar-refractivity contribution in [3.63, 3.8) is 0 Å². The molecule has 0 fully saturated rings. The predicted octanol–water partition coefficient (Wildman–Crippen LogP) is 2.79. The molecule has 20 heavy (non-hydrogen) atoms. The van der Waals surface area contributed by atoms with Gasteiger partial charge < -0.3 is 5.73 Å². The van der Waals surface area contributed by atoms with E-state index >= 15 is 0 Å². The van der Waals surface area contributed by atoms with Crippen LogP contribution in [0.1, 0.15) is 26.3 Å². The lowest BCUT2D eigenvalue weighted by atomic mass is 9.89. The van der Waals surface area contributed by atoms with Crippen molar-refractivity contribution in [1.29, 1.82) is 0 Å². The number of primary amides is 1. The summed E-state index contributed by atoms with van der Waals surface area (Å²) in [6.07, 6.45) is 0. The Morgan fingerprint density at radius 1 is 1.20 bits per heavy atom. The van der Waals surface area contributed by atoms with Gasteiger partial charge in [-0.1, -0.05) is 50.2 Å². The first-order valence-corrected chi connectivity index (χ1v) is 6.97. The van der Waals surface area contributed by atoms with Crippen LogP contribution in [0.15, 0.2) is 42.5 Å². The number of carbonyl (C=O) groups excluding carboxylic acids is 1. The molecular weight excluding hydrogens is 248 g/mol. The average molecular weight is 270 g/mol. The zero-order chi connectivity index (χ0) is 14.8. The molecule has 3 nitrogen and oxygen atoms in total. The van der Waals surface area contributed by atoms with Crippen molar-refractivity contribution >= 4 is 16.7 Å². The molecule has 1 amide bonds. The van der Waals surface area contributed by atoms with Crippen molar-refractivity contribution in [1.82, 2.24) is 5.32 Å². The van der Waals surface area contributed by atoms with Crippen LogP contribution in [-0.4, -0.2) is 12.5 Å². The van der Waals surface area contributed by atoms with Gasteiger partial charge in [0.25, 0.3) is 0 Å². The SMILES string of the molecule is CC(C)CNC(C)(C(N)=O)c1ccc2ccccc2c1. The maximum atomic E-state index is 11.9. The third-order valence-corrected chi connectivity index (χ3v) is 3.68. The number of hydrogen-bond acceptors (Lipinski definition) is 2. The molecule has 0 spiro atoms.